The fraction of sp³-hybridized carbons (Fsp3) is 0.267. The van der Waals surface area contributed by atoms with Crippen molar-refractivity contribution in [2.75, 3.05) is 12.0 Å². The highest BCUT2D eigenvalue weighted by Crippen LogP contribution is 2.45. The number of aromatic nitrogens is 2. The van der Waals surface area contributed by atoms with E-state index in [0.29, 0.717) is 10.0 Å². The van der Waals surface area contributed by atoms with Gasteiger partial charge in [0.05, 0.1) is 30.5 Å². The highest BCUT2D eigenvalue weighted by molar-refractivity contribution is 6.31. The molecule has 0 spiro atoms. The van der Waals surface area contributed by atoms with Gasteiger partial charge in [-0.1, -0.05) is 47.5 Å². The predicted octanol–water partition coefficient (Wildman–Crippen LogP) is 7.74. The largest absolute Gasteiger partial charge is 0.496 e. The number of hydrogen-bond donors (Lipinski definition) is 0. The van der Waals surface area contributed by atoms with Crippen molar-refractivity contribution < 1.29 is 9.53 Å². The zero-order valence-electron chi connectivity index (χ0n) is 21.5. The van der Waals surface area contributed by atoms with Crippen LogP contribution in [-0.4, -0.2) is 22.6 Å². The van der Waals surface area contributed by atoms with Crippen molar-refractivity contribution in [2.45, 2.75) is 46.2 Å². The molecule has 0 saturated carbocycles. The number of fused-ring (bicyclic) bond motifs is 1. The Balaban J connectivity index is 1.85. The maximum atomic E-state index is 13.9. The van der Waals surface area contributed by atoms with Gasteiger partial charge < -0.3 is 9.30 Å². The van der Waals surface area contributed by atoms with Gasteiger partial charge in [-0.25, -0.2) is 4.98 Å². The lowest BCUT2D eigenvalue weighted by Gasteiger charge is -2.38. The van der Waals surface area contributed by atoms with E-state index in [4.69, 9.17) is 32.9 Å². The van der Waals surface area contributed by atoms with Crippen LogP contribution in [0.15, 0.2) is 60.7 Å². The number of ether oxygens (including phenoxy) is 1. The van der Waals surface area contributed by atoms with Crippen LogP contribution in [0, 0.1) is 13.8 Å². The van der Waals surface area contributed by atoms with Gasteiger partial charge in [0.25, 0.3) is 0 Å². The third-order valence-electron chi connectivity index (χ3n) is 6.95. The lowest BCUT2D eigenvalue weighted by Crippen LogP contribution is -2.42. The third kappa shape index (κ3) is 4.41. The molecule has 0 radical (unpaired) electrons. The smallest absolute Gasteiger partial charge is 0.233 e. The lowest BCUT2D eigenvalue weighted by molar-refractivity contribution is -0.118. The quantitative estimate of drug-likeness (QED) is 0.263. The Labute approximate surface area is 227 Å². The summed E-state index contributed by atoms with van der Waals surface area (Å²) >= 11 is 12.8. The number of rotatable bonds is 5. The molecule has 1 atom stereocenters. The van der Waals surface area contributed by atoms with Crippen LogP contribution in [-0.2, 0) is 11.2 Å². The number of para-hydroxylation sites is 1. The van der Waals surface area contributed by atoms with Crippen LogP contribution in [0.25, 0.3) is 11.4 Å². The predicted molar refractivity (Wildman–Crippen MR) is 150 cm³/mol. The number of carbonyl (C=O) groups excluding carboxylic acids is 1. The van der Waals surface area contributed by atoms with E-state index < -0.39 is 6.04 Å². The van der Waals surface area contributed by atoms with Crippen molar-refractivity contribution in [1.29, 1.82) is 0 Å². The number of carbonyl (C=O) groups is 1. The molecule has 5 rings (SSSR count). The first kappa shape index (κ1) is 25.4. The Hall–Kier alpha value is -3.28. The van der Waals surface area contributed by atoms with Gasteiger partial charge in [-0.2, -0.15) is 0 Å². The number of aryl methyl sites for hydroxylation is 2. The molecule has 1 aliphatic rings. The minimum Gasteiger partial charge on any atom is -0.496 e. The van der Waals surface area contributed by atoms with Crippen molar-refractivity contribution in [3.8, 4) is 17.1 Å². The topological polar surface area (TPSA) is 47.4 Å². The second kappa shape index (κ2) is 9.88. The van der Waals surface area contributed by atoms with Crippen LogP contribution in [0.5, 0.6) is 5.75 Å². The molecule has 37 heavy (non-hydrogen) atoms. The maximum Gasteiger partial charge on any atom is 0.233 e. The Morgan fingerprint density at radius 2 is 1.68 bits per heavy atom. The molecule has 2 heterocycles. The summed E-state index contributed by atoms with van der Waals surface area (Å²) in [4.78, 5) is 20.9. The van der Waals surface area contributed by atoms with Gasteiger partial charge in [0.1, 0.15) is 17.6 Å². The second-order valence-corrected chi connectivity index (χ2v) is 10.6. The first-order chi connectivity index (χ1) is 17.7. The number of imidazole rings is 1. The Morgan fingerprint density at radius 3 is 2.38 bits per heavy atom. The maximum absolute atomic E-state index is 13.9. The molecule has 4 aromatic rings. The summed E-state index contributed by atoms with van der Waals surface area (Å²) in [7, 11) is 1.66. The van der Waals surface area contributed by atoms with E-state index in [2.05, 4.69) is 18.4 Å². The molecule has 0 saturated heterocycles. The standard InChI is InChI=1S/C30H29Cl2N3O2/c1-17(2)34-29-24(33-30(34)23-8-6-7-9-26(23)37-5)16-27(36)35(25-15-21(32)11-10-18(25)3)28(29)22-13-12-20(31)14-19(22)4/h6-15,17,28H,16H2,1-5H3. The van der Waals surface area contributed by atoms with E-state index in [1.807, 2.05) is 79.4 Å². The number of hydrogen-bond acceptors (Lipinski definition) is 3. The highest BCUT2D eigenvalue weighted by atomic mass is 35.5. The summed E-state index contributed by atoms with van der Waals surface area (Å²) in [5.74, 6) is 1.49. The van der Waals surface area contributed by atoms with Crippen LogP contribution < -0.4 is 9.64 Å². The molecule has 1 aliphatic heterocycles. The number of amides is 1. The van der Waals surface area contributed by atoms with Gasteiger partial charge in [-0.05, 0) is 80.8 Å². The molecule has 3 aromatic carbocycles. The van der Waals surface area contributed by atoms with Gasteiger partial charge in [0.15, 0.2) is 0 Å². The summed E-state index contributed by atoms with van der Waals surface area (Å²) < 4.78 is 7.93. The Kier molecular flexibility index (Phi) is 6.78. The molecule has 0 aliphatic carbocycles. The molecule has 1 unspecified atom stereocenters. The number of benzene rings is 3. The Morgan fingerprint density at radius 1 is 0.973 bits per heavy atom. The van der Waals surface area contributed by atoms with Gasteiger partial charge in [-0.3, -0.25) is 9.69 Å². The SMILES string of the molecule is COc1ccccc1-c1nc2c(n1C(C)C)C(c1ccc(Cl)cc1C)N(c1cc(Cl)ccc1C)C(=O)C2. The van der Waals surface area contributed by atoms with E-state index >= 15 is 0 Å². The summed E-state index contributed by atoms with van der Waals surface area (Å²) in [6, 6.07) is 19.0. The van der Waals surface area contributed by atoms with Crippen LogP contribution in [0.2, 0.25) is 10.0 Å². The number of anilines is 1. The van der Waals surface area contributed by atoms with Crippen molar-refractivity contribution >= 4 is 34.8 Å². The van der Waals surface area contributed by atoms with Crippen LogP contribution in [0.4, 0.5) is 5.69 Å². The zero-order chi connectivity index (χ0) is 26.4. The summed E-state index contributed by atoms with van der Waals surface area (Å²) in [6.45, 7) is 8.30. The normalized spacial score (nSPS) is 15.3. The molecule has 0 bridgehead atoms. The minimum absolute atomic E-state index is 0.0304. The molecule has 0 fully saturated rings. The zero-order valence-corrected chi connectivity index (χ0v) is 23.1. The van der Waals surface area contributed by atoms with Crippen LogP contribution in [0.3, 0.4) is 0 Å². The molecule has 1 amide bonds. The van der Waals surface area contributed by atoms with Crippen LogP contribution >= 0.6 is 23.2 Å². The molecule has 5 nitrogen and oxygen atoms in total. The average Bonchev–Trinajstić information content (AvgIpc) is 3.24. The third-order valence-corrected chi connectivity index (χ3v) is 7.42. The average molecular weight is 534 g/mol. The molecule has 1 aromatic heterocycles. The molecule has 190 valence electrons. The van der Waals surface area contributed by atoms with Gasteiger partial charge in [0.2, 0.25) is 5.91 Å². The van der Waals surface area contributed by atoms with Crippen LogP contribution in [0.1, 0.15) is 54.0 Å². The molecular weight excluding hydrogens is 505 g/mol. The van der Waals surface area contributed by atoms with Crippen molar-refractivity contribution in [3.05, 3.63) is 98.8 Å². The fourth-order valence-corrected chi connectivity index (χ4v) is 5.69. The van der Waals surface area contributed by atoms with Gasteiger partial charge in [0, 0.05) is 21.8 Å². The van der Waals surface area contributed by atoms with Crippen molar-refractivity contribution in [2.24, 2.45) is 0 Å². The van der Waals surface area contributed by atoms with Crippen molar-refractivity contribution in [3.63, 3.8) is 0 Å². The van der Waals surface area contributed by atoms with Gasteiger partial charge >= 0.3 is 0 Å². The summed E-state index contributed by atoms with van der Waals surface area (Å²) in [5, 5.41) is 1.24. The van der Waals surface area contributed by atoms with E-state index in [1.165, 1.54) is 0 Å². The fourth-order valence-electron chi connectivity index (χ4n) is 5.30. The second-order valence-electron chi connectivity index (χ2n) is 9.71. The molecule has 7 heteroatoms. The van der Waals surface area contributed by atoms with E-state index in [9.17, 15) is 4.79 Å². The lowest BCUT2D eigenvalue weighted by atomic mass is 9.90. The first-order valence-corrected chi connectivity index (χ1v) is 13.1. The van der Waals surface area contributed by atoms with Crippen molar-refractivity contribution in [1.82, 2.24) is 9.55 Å². The minimum atomic E-state index is -0.413. The van der Waals surface area contributed by atoms with E-state index in [1.54, 1.807) is 7.11 Å². The molecular formula is C30H29Cl2N3O2. The number of methoxy groups -OCH3 is 1. The van der Waals surface area contributed by atoms with E-state index in [-0.39, 0.29) is 18.4 Å². The molecule has 0 N–H and O–H groups in total. The summed E-state index contributed by atoms with van der Waals surface area (Å²) in [5.41, 5.74) is 6.40. The summed E-state index contributed by atoms with van der Waals surface area (Å²) in [6.07, 6.45) is 0.187. The van der Waals surface area contributed by atoms with E-state index in [0.717, 1.165) is 50.9 Å². The monoisotopic (exact) mass is 533 g/mol. The first-order valence-electron chi connectivity index (χ1n) is 12.3. The Bertz CT molecular complexity index is 1510. The van der Waals surface area contributed by atoms with Gasteiger partial charge in [-0.15, -0.1) is 0 Å². The number of halogens is 2. The number of nitrogens with zero attached hydrogens (tertiary/aromatic N) is 3. The highest BCUT2D eigenvalue weighted by Gasteiger charge is 2.41.